The minimum atomic E-state index is -3.96. The average molecular weight is 394 g/mol. The highest BCUT2D eigenvalue weighted by molar-refractivity contribution is 7.94. The molecule has 0 saturated heterocycles. The van der Waals surface area contributed by atoms with Gasteiger partial charge < -0.3 is 4.74 Å². The molecule has 0 aromatic carbocycles. The largest absolute Gasteiger partial charge is 0.465 e. The van der Waals surface area contributed by atoms with Crippen LogP contribution in [0.4, 0.5) is 0 Å². The number of nitrogens with zero attached hydrogens (tertiary/aromatic N) is 1. The molecule has 0 spiro atoms. The zero-order valence-electron chi connectivity index (χ0n) is 13.1. The number of hydrogen-bond acceptors (Lipinski definition) is 7. The first kappa shape index (κ1) is 18.9. The van der Waals surface area contributed by atoms with E-state index in [9.17, 15) is 21.6 Å². The summed E-state index contributed by atoms with van der Waals surface area (Å²) in [6.07, 6.45) is 3.20. The quantitative estimate of drug-likeness (QED) is 0.566. The Morgan fingerprint density at radius 3 is 2.67 bits per heavy atom. The molecule has 0 atom stereocenters. The molecule has 0 radical (unpaired) electrons. The number of thiophene rings is 1. The lowest BCUT2D eigenvalue weighted by molar-refractivity contribution is -0.147. The standard InChI is InChI=1S/C13H18N2O6S3/c1-9(2)12(16)21-7-3-5-15-6-4-10-8-11(23(14,17)18)22-13(10)24(15,19)20/h4,6,8-9H,3,5,7H2,1-2H3,(H2,14,17,18). The Morgan fingerprint density at radius 2 is 2.08 bits per heavy atom. The van der Waals surface area contributed by atoms with Crippen molar-refractivity contribution in [3.63, 3.8) is 0 Å². The molecule has 134 valence electrons. The van der Waals surface area contributed by atoms with Gasteiger partial charge in [-0.3, -0.25) is 9.10 Å². The minimum Gasteiger partial charge on any atom is -0.465 e. The van der Waals surface area contributed by atoms with E-state index < -0.39 is 20.0 Å². The second kappa shape index (κ2) is 6.82. The number of primary sulfonamides is 1. The summed E-state index contributed by atoms with van der Waals surface area (Å²) in [6.45, 7) is 3.64. The molecule has 0 amide bonds. The fourth-order valence-electron chi connectivity index (χ4n) is 1.93. The number of hydrogen-bond donors (Lipinski definition) is 1. The number of fused-ring (bicyclic) bond motifs is 1. The SMILES string of the molecule is CC(C)C(=O)OCCCN1C=Cc2cc(S(N)(=O)=O)sc2S1(=O)=O. The highest BCUT2D eigenvalue weighted by atomic mass is 32.3. The highest BCUT2D eigenvalue weighted by Gasteiger charge is 2.31. The number of carbonyl (C=O) groups excluding carboxylic acids is 1. The molecular weight excluding hydrogens is 376 g/mol. The summed E-state index contributed by atoms with van der Waals surface area (Å²) in [5, 5.41) is 5.04. The molecule has 8 nitrogen and oxygen atoms in total. The van der Waals surface area contributed by atoms with Crippen LogP contribution in [0.25, 0.3) is 6.08 Å². The zero-order valence-corrected chi connectivity index (χ0v) is 15.6. The molecule has 0 bridgehead atoms. The van der Waals surface area contributed by atoms with Gasteiger partial charge in [-0.2, -0.15) is 0 Å². The monoisotopic (exact) mass is 394 g/mol. The summed E-state index contributed by atoms with van der Waals surface area (Å²) in [7, 11) is -7.79. The molecule has 11 heteroatoms. The number of esters is 1. The van der Waals surface area contributed by atoms with Crippen molar-refractivity contribution in [3.05, 3.63) is 17.8 Å². The summed E-state index contributed by atoms with van der Waals surface area (Å²) in [5.41, 5.74) is 0.298. The third kappa shape index (κ3) is 3.97. The van der Waals surface area contributed by atoms with Gasteiger partial charge in [0.15, 0.2) is 0 Å². The van der Waals surface area contributed by atoms with Crippen LogP contribution in [0.5, 0.6) is 0 Å². The lowest BCUT2D eigenvalue weighted by atomic mass is 10.2. The number of sulfonamides is 2. The second-order valence-electron chi connectivity index (χ2n) is 5.46. The first-order valence-electron chi connectivity index (χ1n) is 7.07. The Balaban J connectivity index is 2.08. The van der Waals surface area contributed by atoms with Crippen molar-refractivity contribution in [3.8, 4) is 0 Å². The molecule has 2 heterocycles. The Bertz CT molecular complexity index is 868. The molecule has 24 heavy (non-hydrogen) atoms. The van der Waals surface area contributed by atoms with E-state index in [0.717, 1.165) is 4.31 Å². The van der Waals surface area contributed by atoms with Crippen molar-refractivity contribution in [1.29, 1.82) is 0 Å². The van der Waals surface area contributed by atoms with E-state index >= 15 is 0 Å². The molecule has 0 unspecified atom stereocenters. The van der Waals surface area contributed by atoms with Crippen molar-refractivity contribution in [2.45, 2.75) is 28.7 Å². The van der Waals surface area contributed by atoms with Gasteiger partial charge in [0.1, 0.15) is 8.42 Å². The van der Waals surface area contributed by atoms with Gasteiger partial charge in [-0.15, -0.1) is 11.3 Å². The Hall–Kier alpha value is -1.43. The lowest BCUT2D eigenvalue weighted by Crippen LogP contribution is -2.29. The first-order valence-corrected chi connectivity index (χ1v) is 10.9. The molecule has 1 aromatic heterocycles. The summed E-state index contributed by atoms with van der Waals surface area (Å²) in [4.78, 5) is 11.3. The van der Waals surface area contributed by atoms with Crippen LogP contribution in [0.15, 0.2) is 20.7 Å². The average Bonchev–Trinajstić information content (AvgIpc) is 2.90. The third-order valence-electron chi connectivity index (χ3n) is 3.18. The highest BCUT2D eigenvalue weighted by Crippen LogP contribution is 2.35. The number of nitrogens with two attached hydrogens (primary N) is 1. The minimum absolute atomic E-state index is 0.0619. The summed E-state index contributed by atoms with van der Waals surface area (Å²) < 4.78 is 53.6. The zero-order chi connectivity index (χ0) is 18.1. The van der Waals surface area contributed by atoms with Crippen LogP contribution in [-0.4, -0.2) is 40.3 Å². The summed E-state index contributed by atoms with van der Waals surface area (Å²) in [6, 6.07) is 1.24. The first-order chi connectivity index (χ1) is 11.0. The second-order valence-corrected chi connectivity index (χ2v) is 10.4. The maximum absolute atomic E-state index is 12.5. The van der Waals surface area contributed by atoms with Crippen molar-refractivity contribution in [2.24, 2.45) is 11.1 Å². The van der Waals surface area contributed by atoms with E-state index in [1.54, 1.807) is 13.8 Å². The van der Waals surface area contributed by atoms with Gasteiger partial charge in [0.25, 0.3) is 10.0 Å². The van der Waals surface area contributed by atoms with Gasteiger partial charge >= 0.3 is 5.97 Å². The molecule has 0 saturated carbocycles. The molecule has 0 fully saturated rings. The molecule has 1 aliphatic rings. The molecule has 0 aliphatic carbocycles. The van der Waals surface area contributed by atoms with E-state index in [2.05, 4.69) is 0 Å². The van der Waals surface area contributed by atoms with Gasteiger partial charge in [-0.05, 0) is 12.1 Å². The fourth-order valence-corrected chi connectivity index (χ4v) is 5.91. The molecule has 1 aromatic rings. The number of ether oxygens (including phenoxy) is 1. The van der Waals surface area contributed by atoms with E-state index in [1.807, 2.05) is 0 Å². The maximum atomic E-state index is 12.5. The predicted molar refractivity (Wildman–Crippen MR) is 89.0 cm³/mol. The topological polar surface area (TPSA) is 124 Å². The van der Waals surface area contributed by atoms with E-state index in [1.165, 1.54) is 18.3 Å². The molecular formula is C13H18N2O6S3. The summed E-state index contributed by atoms with van der Waals surface area (Å²) >= 11 is 0.622. The molecule has 2 N–H and O–H groups in total. The lowest BCUT2D eigenvalue weighted by Gasteiger charge is -2.23. The van der Waals surface area contributed by atoms with Gasteiger partial charge in [0.2, 0.25) is 10.0 Å². The van der Waals surface area contributed by atoms with Gasteiger partial charge in [-0.25, -0.2) is 22.0 Å². The number of carbonyl (C=O) groups is 1. The molecule has 1 aliphatic heterocycles. The van der Waals surface area contributed by atoms with E-state index in [-0.39, 0.29) is 33.5 Å². The Kier molecular flexibility index (Phi) is 5.37. The fraction of sp³-hybridized carbons (Fsp3) is 0.462. The van der Waals surface area contributed by atoms with Crippen LogP contribution >= 0.6 is 11.3 Å². The third-order valence-corrected chi connectivity index (χ3v) is 8.06. The normalized spacial score (nSPS) is 16.2. The van der Waals surface area contributed by atoms with Gasteiger partial charge in [0.05, 0.1) is 12.5 Å². The van der Waals surface area contributed by atoms with E-state index in [4.69, 9.17) is 9.88 Å². The van der Waals surface area contributed by atoms with Gasteiger partial charge in [0, 0.05) is 24.7 Å². The van der Waals surface area contributed by atoms with Crippen molar-refractivity contribution in [1.82, 2.24) is 4.31 Å². The Morgan fingerprint density at radius 1 is 1.42 bits per heavy atom. The molecule has 2 rings (SSSR count). The van der Waals surface area contributed by atoms with Crippen LogP contribution in [0.2, 0.25) is 0 Å². The van der Waals surface area contributed by atoms with Crippen LogP contribution in [-0.2, 0) is 29.6 Å². The van der Waals surface area contributed by atoms with Crippen LogP contribution in [0, 0.1) is 5.92 Å². The summed E-state index contributed by atoms with van der Waals surface area (Å²) in [5.74, 6) is -0.584. The van der Waals surface area contributed by atoms with Crippen LogP contribution in [0.3, 0.4) is 0 Å². The maximum Gasteiger partial charge on any atom is 0.308 e. The smallest absolute Gasteiger partial charge is 0.308 e. The Labute approximate surface area is 145 Å². The van der Waals surface area contributed by atoms with Crippen molar-refractivity contribution in [2.75, 3.05) is 13.2 Å². The van der Waals surface area contributed by atoms with Gasteiger partial charge in [-0.1, -0.05) is 13.8 Å². The van der Waals surface area contributed by atoms with Crippen LogP contribution < -0.4 is 5.14 Å². The van der Waals surface area contributed by atoms with Crippen molar-refractivity contribution >= 4 is 43.4 Å². The van der Waals surface area contributed by atoms with Crippen LogP contribution in [0.1, 0.15) is 25.8 Å². The van der Waals surface area contributed by atoms with Crippen molar-refractivity contribution < 1.29 is 26.4 Å². The number of rotatable bonds is 6. The van der Waals surface area contributed by atoms with E-state index in [0.29, 0.717) is 23.3 Å². The predicted octanol–water partition coefficient (Wildman–Crippen LogP) is 0.960.